The molecule has 0 bridgehead atoms. The summed E-state index contributed by atoms with van der Waals surface area (Å²) in [6, 6.07) is 11.5. The highest BCUT2D eigenvalue weighted by Gasteiger charge is 2.42. The lowest BCUT2D eigenvalue weighted by Gasteiger charge is -2.14. The minimum Gasteiger partial charge on any atom is -0.431 e. The van der Waals surface area contributed by atoms with Crippen LogP contribution >= 0.6 is 12.0 Å². The number of anilines is 2. The van der Waals surface area contributed by atoms with Crippen LogP contribution in [0.25, 0.3) is 11.5 Å². The SMILES string of the molecule is CSO[C@H]1CCC(Nc2ccc(NC(=O)c3nc(-c4ccccc4)oc3C(F)(F)F)cn2)C1. The molecule has 2 N–H and O–H groups in total. The van der Waals surface area contributed by atoms with Gasteiger partial charge in [-0.25, -0.2) is 9.97 Å². The first-order valence-corrected chi connectivity index (χ1v) is 11.4. The van der Waals surface area contributed by atoms with Crippen LogP contribution in [0.2, 0.25) is 0 Å². The monoisotopic (exact) mass is 478 g/mol. The normalized spacial score (nSPS) is 18.3. The van der Waals surface area contributed by atoms with Crippen molar-refractivity contribution in [1.82, 2.24) is 9.97 Å². The minimum absolute atomic E-state index is 0.196. The average Bonchev–Trinajstić information content (AvgIpc) is 3.43. The van der Waals surface area contributed by atoms with Crippen molar-refractivity contribution < 1.29 is 26.6 Å². The lowest BCUT2D eigenvalue weighted by molar-refractivity contribution is -0.153. The summed E-state index contributed by atoms with van der Waals surface area (Å²) >= 11 is 1.35. The first-order chi connectivity index (χ1) is 15.8. The van der Waals surface area contributed by atoms with Gasteiger partial charge in [-0.3, -0.25) is 4.79 Å². The van der Waals surface area contributed by atoms with Crippen LogP contribution in [0.15, 0.2) is 53.1 Å². The van der Waals surface area contributed by atoms with Gasteiger partial charge in [-0.2, -0.15) is 13.2 Å². The maximum Gasteiger partial charge on any atom is 0.452 e. The maximum absolute atomic E-state index is 13.5. The Hall–Kier alpha value is -3.05. The number of amides is 1. The summed E-state index contributed by atoms with van der Waals surface area (Å²) in [5.74, 6) is -2.17. The molecule has 1 saturated carbocycles. The predicted octanol–water partition coefficient (Wildman–Crippen LogP) is 5.64. The van der Waals surface area contributed by atoms with Gasteiger partial charge in [0.2, 0.25) is 11.7 Å². The summed E-state index contributed by atoms with van der Waals surface area (Å²) in [5.41, 5.74) is -0.275. The summed E-state index contributed by atoms with van der Waals surface area (Å²) in [4.78, 5) is 20.6. The number of nitrogens with zero attached hydrogens (tertiary/aromatic N) is 2. The van der Waals surface area contributed by atoms with Crippen molar-refractivity contribution in [3.05, 3.63) is 60.1 Å². The Morgan fingerprint density at radius 3 is 2.64 bits per heavy atom. The number of carbonyl (C=O) groups is 1. The smallest absolute Gasteiger partial charge is 0.431 e. The van der Waals surface area contributed by atoms with E-state index in [1.165, 1.54) is 18.2 Å². The Morgan fingerprint density at radius 1 is 1.18 bits per heavy atom. The van der Waals surface area contributed by atoms with Crippen LogP contribution in [-0.2, 0) is 10.4 Å². The van der Waals surface area contributed by atoms with E-state index in [2.05, 4.69) is 20.6 Å². The number of benzene rings is 1. The van der Waals surface area contributed by atoms with Gasteiger partial charge in [-0.1, -0.05) is 18.2 Å². The quantitative estimate of drug-likeness (QED) is 0.425. The molecule has 1 unspecified atom stereocenters. The van der Waals surface area contributed by atoms with Crippen molar-refractivity contribution in [2.75, 3.05) is 16.9 Å². The molecule has 2 aromatic heterocycles. The van der Waals surface area contributed by atoms with Gasteiger partial charge in [-0.15, -0.1) is 0 Å². The van der Waals surface area contributed by atoms with Crippen LogP contribution in [0.3, 0.4) is 0 Å². The molecular formula is C22H21F3N4O3S. The predicted molar refractivity (Wildman–Crippen MR) is 119 cm³/mol. The summed E-state index contributed by atoms with van der Waals surface area (Å²) in [6.07, 6.45) is 1.33. The third-order valence-corrected chi connectivity index (χ3v) is 5.58. The van der Waals surface area contributed by atoms with Crippen LogP contribution in [0.1, 0.15) is 35.5 Å². The van der Waals surface area contributed by atoms with E-state index in [4.69, 9.17) is 8.60 Å². The first kappa shape index (κ1) is 23.1. The molecule has 11 heteroatoms. The fraction of sp³-hybridized carbons (Fsp3) is 0.318. The molecule has 2 atom stereocenters. The van der Waals surface area contributed by atoms with Crippen molar-refractivity contribution in [2.45, 2.75) is 37.6 Å². The Bertz CT molecular complexity index is 1090. The summed E-state index contributed by atoms with van der Waals surface area (Å²) in [6.45, 7) is 0. The lowest BCUT2D eigenvalue weighted by Crippen LogP contribution is -2.19. The molecule has 0 radical (unpaired) electrons. The molecule has 4 rings (SSSR count). The average molecular weight is 478 g/mol. The second kappa shape index (κ2) is 9.84. The number of aromatic nitrogens is 2. The van der Waals surface area contributed by atoms with Crippen molar-refractivity contribution in [2.24, 2.45) is 0 Å². The largest absolute Gasteiger partial charge is 0.452 e. The molecule has 33 heavy (non-hydrogen) atoms. The van der Waals surface area contributed by atoms with Gasteiger partial charge < -0.3 is 19.2 Å². The molecule has 1 amide bonds. The van der Waals surface area contributed by atoms with Crippen LogP contribution in [0.5, 0.6) is 0 Å². The third kappa shape index (κ3) is 5.66. The molecule has 1 fully saturated rings. The van der Waals surface area contributed by atoms with E-state index in [-0.39, 0.29) is 23.7 Å². The number of alkyl halides is 3. The van der Waals surface area contributed by atoms with Crippen LogP contribution in [-0.4, -0.2) is 34.3 Å². The highest BCUT2D eigenvalue weighted by molar-refractivity contribution is 7.93. The summed E-state index contributed by atoms with van der Waals surface area (Å²) < 4.78 is 50.8. The van der Waals surface area contributed by atoms with Gasteiger partial charge in [0.15, 0.2) is 5.69 Å². The third-order valence-electron chi connectivity index (χ3n) is 5.11. The Labute approximate surface area is 192 Å². The maximum atomic E-state index is 13.5. The van der Waals surface area contributed by atoms with Gasteiger partial charge in [-0.05, 0) is 55.6 Å². The lowest BCUT2D eigenvalue weighted by atomic mass is 10.2. The number of hydrogen-bond donors (Lipinski definition) is 2. The number of nitrogens with one attached hydrogen (secondary N) is 2. The Balaban J connectivity index is 1.45. The summed E-state index contributed by atoms with van der Waals surface area (Å²) in [7, 11) is 0. The van der Waals surface area contributed by atoms with Crippen LogP contribution in [0.4, 0.5) is 24.7 Å². The number of rotatable bonds is 7. The Morgan fingerprint density at radius 2 is 1.97 bits per heavy atom. The topological polar surface area (TPSA) is 89.3 Å². The molecule has 0 aliphatic heterocycles. The molecular weight excluding hydrogens is 457 g/mol. The highest BCUT2D eigenvalue weighted by Crippen LogP contribution is 2.35. The number of hydrogen-bond acceptors (Lipinski definition) is 7. The van der Waals surface area contributed by atoms with Gasteiger partial charge in [0.05, 0.1) is 18.0 Å². The fourth-order valence-corrected chi connectivity index (χ4v) is 4.06. The number of oxazole rings is 1. The fourth-order valence-electron chi connectivity index (χ4n) is 3.62. The van der Waals surface area contributed by atoms with Crippen LogP contribution < -0.4 is 10.6 Å². The van der Waals surface area contributed by atoms with E-state index in [1.807, 2.05) is 6.26 Å². The van der Waals surface area contributed by atoms with E-state index in [0.717, 1.165) is 19.3 Å². The zero-order valence-corrected chi connectivity index (χ0v) is 18.4. The molecule has 174 valence electrons. The minimum atomic E-state index is -4.88. The first-order valence-electron chi connectivity index (χ1n) is 10.2. The molecule has 0 saturated heterocycles. The highest BCUT2D eigenvalue weighted by atomic mass is 32.2. The molecule has 1 aliphatic carbocycles. The van der Waals surface area contributed by atoms with Crippen molar-refractivity contribution >= 4 is 29.5 Å². The van der Waals surface area contributed by atoms with Crippen LogP contribution in [0, 0.1) is 0 Å². The van der Waals surface area contributed by atoms with E-state index in [0.29, 0.717) is 11.4 Å². The zero-order chi connectivity index (χ0) is 23.4. The van der Waals surface area contributed by atoms with E-state index < -0.39 is 23.5 Å². The molecule has 0 spiro atoms. The van der Waals surface area contributed by atoms with Crippen molar-refractivity contribution in [1.29, 1.82) is 0 Å². The standard InChI is InChI=1S/C22H21F3N4O3S/c1-33-32-16-9-7-14(11-16)27-17-10-8-15(12-26-17)28-20(30)18-19(22(23,24)25)31-21(29-18)13-5-3-2-4-6-13/h2-6,8,10,12,14,16H,7,9,11H2,1H3,(H,26,27)(H,28,30)/t14?,16-/m0/s1. The van der Waals surface area contributed by atoms with E-state index in [1.54, 1.807) is 42.5 Å². The number of carbonyl (C=O) groups excluding carboxylic acids is 1. The van der Waals surface area contributed by atoms with E-state index >= 15 is 0 Å². The molecule has 7 nitrogen and oxygen atoms in total. The molecule has 1 aliphatic rings. The van der Waals surface area contributed by atoms with Crippen molar-refractivity contribution in [3.63, 3.8) is 0 Å². The van der Waals surface area contributed by atoms with Gasteiger partial charge >= 0.3 is 6.18 Å². The van der Waals surface area contributed by atoms with Crippen molar-refractivity contribution in [3.8, 4) is 11.5 Å². The second-order valence-electron chi connectivity index (χ2n) is 7.49. The molecule has 3 aromatic rings. The van der Waals surface area contributed by atoms with Gasteiger partial charge in [0.25, 0.3) is 5.91 Å². The zero-order valence-electron chi connectivity index (χ0n) is 17.6. The summed E-state index contributed by atoms with van der Waals surface area (Å²) in [5, 5.41) is 5.71. The molecule has 2 heterocycles. The number of pyridine rings is 1. The Kier molecular flexibility index (Phi) is 6.89. The van der Waals surface area contributed by atoms with Gasteiger partial charge in [0, 0.05) is 17.9 Å². The van der Waals surface area contributed by atoms with Gasteiger partial charge in [0.1, 0.15) is 5.82 Å². The second-order valence-corrected chi connectivity index (χ2v) is 8.01. The number of halogens is 3. The molecule has 1 aromatic carbocycles. The van der Waals surface area contributed by atoms with E-state index in [9.17, 15) is 18.0 Å².